The first-order chi connectivity index (χ1) is 15.3. The van der Waals surface area contributed by atoms with Crippen LogP contribution in [0.2, 0.25) is 0 Å². The molecule has 0 saturated heterocycles. The molecule has 3 rings (SSSR count). The van der Waals surface area contributed by atoms with E-state index < -0.39 is 15.6 Å². The number of unbranched alkanes of at least 4 members (excludes halogenated alkanes) is 1. The van der Waals surface area contributed by atoms with E-state index in [0.29, 0.717) is 28.0 Å². The third-order valence-electron chi connectivity index (χ3n) is 5.05. The molecule has 7 nitrogen and oxygen atoms in total. The first kappa shape index (κ1) is 23.9. The summed E-state index contributed by atoms with van der Waals surface area (Å²) in [5, 5.41) is 10.8. The molecule has 0 spiro atoms. The van der Waals surface area contributed by atoms with Gasteiger partial charge in [-0.25, -0.2) is 12.4 Å². The Balaban J connectivity index is 2.44. The predicted molar refractivity (Wildman–Crippen MR) is 126 cm³/mol. The second-order valence-corrected chi connectivity index (χ2v) is 9.76. The van der Waals surface area contributed by atoms with Crippen molar-refractivity contribution in [2.75, 3.05) is 14.2 Å². The highest BCUT2D eigenvalue weighted by Crippen LogP contribution is 2.44. The zero-order valence-electron chi connectivity index (χ0n) is 18.0. The molecule has 0 saturated carbocycles. The van der Waals surface area contributed by atoms with E-state index >= 15 is 0 Å². The van der Waals surface area contributed by atoms with Crippen molar-refractivity contribution >= 4 is 26.0 Å². The van der Waals surface area contributed by atoms with Gasteiger partial charge in [-0.05, 0) is 49.2 Å². The molecule has 32 heavy (non-hydrogen) atoms. The fourth-order valence-corrected chi connectivity index (χ4v) is 5.26. The molecule has 1 aromatic heterocycles. The normalized spacial score (nSPS) is 11.4. The number of hydrogen-bond donors (Lipinski definition) is 1. The molecular formula is C23H24BrNO6S. The largest absolute Gasteiger partial charge is 0.507 e. The maximum absolute atomic E-state index is 13.6. The van der Waals surface area contributed by atoms with Gasteiger partial charge in [0.15, 0.2) is 0 Å². The van der Waals surface area contributed by atoms with Crippen LogP contribution < -0.4 is 15.0 Å². The predicted octanol–water partition coefficient (Wildman–Crippen LogP) is 4.58. The van der Waals surface area contributed by atoms with Crippen LogP contribution >= 0.6 is 15.9 Å². The number of nitrogens with zero attached hydrogens (tertiary/aromatic N) is 1. The second kappa shape index (κ2) is 9.79. The van der Waals surface area contributed by atoms with Gasteiger partial charge in [-0.1, -0.05) is 35.3 Å². The summed E-state index contributed by atoms with van der Waals surface area (Å²) >= 11 is 3.29. The summed E-state index contributed by atoms with van der Waals surface area (Å²) in [6, 6.07) is 12.0. The minimum atomic E-state index is -4.24. The van der Waals surface area contributed by atoms with E-state index in [1.807, 2.05) is 6.92 Å². The van der Waals surface area contributed by atoms with E-state index in [1.54, 1.807) is 30.3 Å². The minimum absolute atomic E-state index is 0.0378. The average Bonchev–Trinajstić information content (AvgIpc) is 2.77. The first-order valence-corrected chi connectivity index (χ1v) is 12.2. The standard InChI is InChI=1S/C23H24BrNO6S/c1-4-5-7-17-22(23-19(30-2)8-6-9-20(23)31-3)18(26)14-21(27)25(17)32(28,29)16-12-10-15(24)11-13-16/h6,8-14,26H,4-5,7H2,1-3H3. The molecule has 3 aromatic rings. The van der Waals surface area contributed by atoms with E-state index in [9.17, 15) is 18.3 Å². The van der Waals surface area contributed by atoms with Gasteiger partial charge < -0.3 is 14.6 Å². The maximum atomic E-state index is 13.6. The fraction of sp³-hybridized carbons (Fsp3) is 0.261. The smallest absolute Gasteiger partial charge is 0.270 e. The zero-order valence-corrected chi connectivity index (χ0v) is 20.4. The monoisotopic (exact) mass is 521 g/mol. The fourth-order valence-electron chi connectivity index (χ4n) is 3.55. The van der Waals surface area contributed by atoms with Crippen molar-refractivity contribution in [2.24, 2.45) is 0 Å². The number of rotatable bonds is 8. The number of aromatic hydroxyl groups is 1. The molecule has 170 valence electrons. The Morgan fingerprint density at radius 2 is 1.59 bits per heavy atom. The molecule has 2 aromatic carbocycles. The van der Waals surface area contributed by atoms with E-state index in [1.165, 1.54) is 26.4 Å². The van der Waals surface area contributed by atoms with Gasteiger partial charge in [-0.15, -0.1) is 0 Å². The van der Waals surface area contributed by atoms with Gasteiger partial charge in [0, 0.05) is 16.2 Å². The molecule has 0 aliphatic carbocycles. The SMILES string of the molecule is CCCCc1c(-c2c(OC)cccc2OC)c(O)cc(=O)n1S(=O)(=O)c1ccc(Br)cc1. The summed E-state index contributed by atoms with van der Waals surface area (Å²) in [7, 11) is -1.31. The zero-order chi connectivity index (χ0) is 23.5. The van der Waals surface area contributed by atoms with Crippen molar-refractivity contribution in [2.45, 2.75) is 31.1 Å². The van der Waals surface area contributed by atoms with Gasteiger partial charge in [0.25, 0.3) is 15.6 Å². The number of aromatic nitrogens is 1. The summed E-state index contributed by atoms with van der Waals surface area (Å²) in [5.74, 6) is 0.415. The molecular weight excluding hydrogens is 498 g/mol. The van der Waals surface area contributed by atoms with E-state index in [0.717, 1.165) is 16.5 Å². The van der Waals surface area contributed by atoms with Crippen molar-refractivity contribution < 1.29 is 23.0 Å². The molecule has 0 radical (unpaired) electrons. The van der Waals surface area contributed by atoms with Crippen LogP contribution in [0.25, 0.3) is 11.1 Å². The van der Waals surface area contributed by atoms with Crippen molar-refractivity contribution in [3.63, 3.8) is 0 Å². The molecule has 0 bridgehead atoms. The Labute approximate surface area is 195 Å². The maximum Gasteiger partial charge on any atom is 0.270 e. The van der Waals surface area contributed by atoms with Crippen molar-refractivity contribution in [1.82, 2.24) is 3.97 Å². The van der Waals surface area contributed by atoms with Crippen LogP contribution in [0.3, 0.4) is 0 Å². The molecule has 0 amide bonds. The Hall–Kier alpha value is -2.78. The van der Waals surface area contributed by atoms with Crippen LogP contribution in [0.15, 0.2) is 62.7 Å². The summed E-state index contributed by atoms with van der Waals surface area (Å²) in [6.45, 7) is 1.96. The highest BCUT2D eigenvalue weighted by Gasteiger charge is 2.29. The highest BCUT2D eigenvalue weighted by atomic mass is 79.9. The minimum Gasteiger partial charge on any atom is -0.507 e. The second-order valence-electron chi connectivity index (χ2n) is 7.05. The lowest BCUT2D eigenvalue weighted by atomic mass is 9.98. The van der Waals surface area contributed by atoms with Crippen molar-refractivity contribution in [1.29, 1.82) is 0 Å². The van der Waals surface area contributed by atoms with Crippen LogP contribution in [-0.2, 0) is 16.4 Å². The van der Waals surface area contributed by atoms with E-state index in [-0.39, 0.29) is 28.3 Å². The summed E-state index contributed by atoms with van der Waals surface area (Å²) < 4.78 is 39.5. The first-order valence-electron chi connectivity index (χ1n) is 9.96. The lowest BCUT2D eigenvalue weighted by molar-refractivity contribution is 0.396. The van der Waals surface area contributed by atoms with Gasteiger partial charge in [0.1, 0.15) is 17.2 Å². The van der Waals surface area contributed by atoms with Gasteiger partial charge in [0.2, 0.25) is 0 Å². The molecule has 9 heteroatoms. The summed E-state index contributed by atoms with van der Waals surface area (Å²) in [5.41, 5.74) is -0.106. The summed E-state index contributed by atoms with van der Waals surface area (Å²) in [6.07, 6.45) is 1.60. The number of ether oxygens (including phenoxy) is 2. The average molecular weight is 522 g/mol. The van der Waals surface area contributed by atoms with Crippen molar-refractivity contribution in [3.8, 4) is 28.4 Å². The Kier molecular flexibility index (Phi) is 7.30. The molecule has 1 N–H and O–H groups in total. The van der Waals surface area contributed by atoms with Gasteiger partial charge in [0.05, 0.1) is 30.2 Å². The number of pyridine rings is 1. The van der Waals surface area contributed by atoms with Gasteiger partial charge >= 0.3 is 0 Å². The topological polar surface area (TPSA) is 94.8 Å². The van der Waals surface area contributed by atoms with Crippen LogP contribution in [0.1, 0.15) is 25.5 Å². The third kappa shape index (κ3) is 4.40. The Bertz CT molecular complexity index is 1260. The molecule has 0 fully saturated rings. The molecule has 0 unspecified atom stereocenters. The van der Waals surface area contributed by atoms with Crippen molar-refractivity contribution in [3.05, 3.63) is 69.1 Å². The number of methoxy groups -OCH3 is 2. The Morgan fingerprint density at radius 3 is 2.12 bits per heavy atom. The Morgan fingerprint density at radius 1 is 1.00 bits per heavy atom. The lowest BCUT2D eigenvalue weighted by Gasteiger charge is -2.21. The number of halogens is 1. The number of hydrogen-bond acceptors (Lipinski definition) is 6. The molecule has 0 aliphatic heterocycles. The highest BCUT2D eigenvalue weighted by molar-refractivity contribution is 9.10. The van der Waals surface area contributed by atoms with E-state index in [2.05, 4.69) is 15.9 Å². The van der Waals surface area contributed by atoms with Crippen LogP contribution in [-0.4, -0.2) is 31.7 Å². The van der Waals surface area contributed by atoms with Crippen LogP contribution in [0.5, 0.6) is 17.2 Å². The molecule has 0 atom stereocenters. The van der Waals surface area contributed by atoms with Gasteiger partial charge in [-0.2, -0.15) is 0 Å². The molecule has 1 heterocycles. The van der Waals surface area contributed by atoms with Crippen LogP contribution in [0, 0.1) is 0 Å². The van der Waals surface area contributed by atoms with Crippen LogP contribution in [0.4, 0.5) is 0 Å². The quantitative estimate of drug-likeness (QED) is 0.466. The molecule has 0 aliphatic rings. The van der Waals surface area contributed by atoms with Gasteiger partial charge in [-0.3, -0.25) is 4.79 Å². The summed E-state index contributed by atoms with van der Waals surface area (Å²) in [4.78, 5) is 12.9. The number of benzene rings is 2. The third-order valence-corrected chi connectivity index (χ3v) is 7.32. The lowest BCUT2D eigenvalue weighted by Crippen LogP contribution is -2.30. The van der Waals surface area contributed by atoms with E-state index in [4.69, 9.17) is 9.47 Å².